The van der Waals surface area contributed by atoms with E-state index in [2.05, 4.69) is 25.8 Å². The molecule has 106 valence electrons. The highest BCUT2D eigenvalue weighted by molar-refractivity contribution is 9.10. The Labute approximate surface area is 131 Å². The van der Waals surface area contributed by atoms with Crippen molar-refractivity contribution in [2.45, 2.75) is 6.54 Å². The highest BCUT2D eigenvalue weighted by atomic mass is 79.9. The van der Waals surface area contributed by atoms with Gasteiger partial charge in [0.25, 0.3) is 0 Å². The van der Waals surface area contributed by atoms with Gasteiger partial charge < -0.3 is 9.88 Å². The number of nitrogens with zero attached hydrogens (tertiary/aromatic N) is 1. The third-order valence-electron chi connectivity index (χ3n) is 3.43. The molecule has 21 heavy (non-hydrogen) atoms. The van der Waals surface area contributed by atoms with Crippen molar-refractivity contribution in [3.63, 3.8) is 0 Å². The van der Waals surface area contributed by atoms with Crippen molar-refractivity contribution in [1.82, 2.24) is 4.57 Å². The van der Waals surface area contributed by atoms with Crippen LogP contribution in [-0.2, 0) is 6.54 Å². The summed E-state index contributed by atoms with van der Waals surface area (Å²) >= 11 is 3.52. The lowest BCUT2D eigenvalue weighted by molar-refractivity contribution is 0.749. The van der Waals surface area contributed by atoms with E-state index in [1.54, 1.807) is 6.07 Å². The maximum atomic E-state index is 11.8. The van der Waals surface area contributed by atoms with Gasteiger partial charge >= 0.3 is 0 Å². The first-order valence-corrected chi connectivity index (χ1v) is 7.61. The van der Waals surface area contributed by atoms with Crippen molar-refractivity contribution in [1.29, 1.82) is 0 Å². The van der Waals surface area contributed by atoms with Crippen molar-refractivity contribution in [2.75, 3.05) is 11.9 Å². The Morgan fingerprint density at radius 3 is 2.62 bits per heavy atom. The lowest BCUT2D eigenvalue weighted by atomic mass is 10.2. The monoisotopic (exact) mass is 342 g/mol. The smallest absolute Gasteiger partial charge is 0.189 e. The first-order chi connectivity index (χ1) is 10.3. The van der Waals surface area contributed by atoms with Crippen LogP contribution in [0, 0.1) is 0 Å². The van der Waals surface area contributed by atoms with Crippen molar-refractivity contribution in [3.05, 3.63) is 75.5 Å². The average molecular weight is 343 g/mol. The van der Waals surface area contributed by atoms with Gasteiger partial charge in [-0.2, -0.15) is 0 Å². The summed E-state index contributed by atoms with van der Waals surface area (Å²) in [5, 5.41) is 4.16. The molecule has 0 fully saturated rings. The van der Waals surface area contributed by atoms with E-state index in [0.717, 1.165) is 34.2 Å². The first kappa shape index (κ1) is 13.9. The molecule has 0 spiro atoms. The summed E-state index contributed by atoms with van der Waals surface area (Å²) in [7, 11) is 0. The number of rotatable bonds is 4. The molecule has 0 saturated heterocycles. The quantitative estimate of drug-likeness (QED) is 0.780. The minimum Gasteiger partial charge on any atom is -0.382 e. The number of halogens is 1. The maximum Gasteiger partial charge on any atom is 0.189 e. The van der Waals surface area contributed by atoms with Crippen LogP contribution in [-0.4, -0.2) is 11.1 Å². The van der Waals surface area contributed by atoms with Gasteiger partial charge in [0, 0.05) is 40.9 Å². The number of nitrogens with one attached hydrogen (secondary N) is 1. The van der Waals surface area contributed by atoms with Gasteiger partial charge in [-0.25, -0.2) is 0 Å². The number of fused-ring (bicyclic) bond motifs is 1. The molecule has 0 amide bonds. The summed E-state index contributed by atoms with van der Waals surface area (Å²) in [6.07, 6.45) is 1.85. The van der Waals surface area contributed by atoms with Gasteiger partial charge in [-0.3, -0.25) is 4.79 Å². The van der Waals surface area contributed by atoms with Crippen LogP contribution in [0.5, 0.6) is 0 Å². The molecule has 3 aromatic rings. The van der Waals surface area contributed by atoms with Crippen LogP contribution in [0.25, 0.3) is 10.9 Å². The SMILES string of the molecule is O=c1ccn(CCNc2ccccc2Br)c2ccccc12. The maximum absolute atomic E-state index is 11.8. The molecule has 0 aliphatic heterocycles. The van der Waals surface area contributed by atoms with E-state index in [4.69, 9.17) is 0 Å². The van der Waals surface area contributed by atoms with Crippen molar-refractivity contribution >= 4 is 32.5 Å². The summed E-state index contributed by atoms with van der Waals surface area (Å²) in [5.41, 5.74) is 2.11. The fourth-order valence-corrected chi connectivity index (χ4v) is 2.80. The van der Waals surface area contributed by atoms with E-state index in [9.17, 15) is 4.79 Å². The number of pyridine rings is 1. The Hall–Kier alpha value is -2.07. The second-order valence-corrected chi connectivity index (χ2v) is 5.65. The average Bonchev–Trinajstić information content (AvgIpc) is 2.52. The van der Waals surface area contributed by atoms with E-state index in [1.807, 2.05) is 54.7 Å². The van der Waals surface area contributed by atoms with Crippen LogP contribution < -0.4 is 10.7 Å². The molecule has 0 saturated carbocycles. The standard InChI is InChI=1S/C17H15BrN2O/c18-14-6-2-3-7-15(14)19-10-12-20-11-9-17(21)13-5-1-4-8-16(13)20/h1-9,11,19H,10,12H2. The third-order valence-corrected chi connectivity index (χ3v) is 4.12. The Balaban J connectivity index is 1.79. The fraction of sp³-hybridized carbons (Fsp3) is 0.118. The van der Waals surface area contributed by atoms with Crippen LogP contribution >= 0.6 is 15.9 Å². The van der Waals surface area contributed by atoms with Crippen LogP contribution in [0.2, 0.25) is 0 Å². The Kier molecular flexibility index (Phi) is 4.06. The summed E-state index contributed by atoms with van der Waals surface area (Å²) in [4.78, 5) is 11.8. The van der Waals surface area contributed by atoms with Crippen molar-refractivity contribution in [3.8, 4) is 0 Å². The molecule has 0 radical (unpaired) electrons. The highest BCUT2D eigenvalue weighted by Gasteiger charge is 2.02. The fourth-order valence-electron chi connectivity index (χ4n) is 2.37. The summed E-state index contributed by atoms with van der Waals surface area (Å²) in [5.74, 6) is 0. The van der Waals surface area contributed by atoms with Gasteiger partial charge in [0.05, 0.1) is 5.52 Å². The number of benzene rings is 2. The molecule has 1 N–H and O–H groups in total. The molecule has 0 aliphatic rings. The Morgan fingerprint density at radius 1 is 1.00 bits per heavy atom. The molecular formula is C17H15BrN2O. The van der Waals surface area contributed by atoms with Crippen molar-refractivity contribution in [2.24, 2.45) is 0 Å². The highest BCUT2D eigenvalue weighted by Crippen LogP contribution is 2.20. The largest absolute Gasteiger partial charge is 0.382 e. The van der Waals surface area contributed by atoms with Gasteiger partial charge in [-0.05, 0) is 40.2 Å². The Bertz CT molecular complexity index is 826. The second kappa shape index (κ2) is 6.14. The van der Waals surface area contributed by atoms with E-state index in [1.165, 1.54) is 0 Å². The molecular weight excluding hydrogens is 328 g/mol. The van der Waals surface area contributed by atoms with Crippen LogP contribution in [0.15, 0.2) is 70.1 Å². The summed E-state index contributed by atoms with van der Waals surface area (Å²) in [6, 6.07) is 17.4. The molecule has 0 bridgehead atoms. The second-order valence-electron chi connectivity index (χ2n) is 4.80. The van der Waals surface area contributed by atoms with Gasteiger partial charge in [-0.15, -0.1) is 0 Å². The number of aromatic nitrogens is 1. The van der Waals surface area contributed by atoms with E-state index in [0.29, 0.717) is 0 Å². The molecule has 2 aromatic carbocycles. The van der Waals surface area contributed by atoms with Crippen molar-refractivity contribution < 1.29 is 0 Å². The lowest BCUT2D eigenvalue weighted by Crippen LogP contribution is -2.14. The zero-order chi connectivity index (χ0) is 14.7. The molecule has 1 aromatic heterocycles. The van der Waals surface area contributed by atoms with Crippen LogP contribution in [0.1, 0.15) is 0 Å². The molecule has 1 heterocycles. The van der Waals surface area contributed by atoms with Gasteiger partial charge in [0.2, 0.25) is 0 Å². The zero-order valence-corrected chi connectivity index (χ0v) is 13.0. The minimum atomic E-state index is 0.0700. The number of anilines is 1. The van der Waals surface area contributed by atoms with Gasteiger partial charge in [-0.1, -0.05) is 24.3 Å². The van der Waals surface area contributed by atoms with E-state index < -0.39 is 0 Å². The predicted octanol–water partition coefficient (Wildman–Crippen LogP) is 3.88. The molecule has 0 aliphatic carbocycles. The van der Waals surface area contributed by atoms with Gasteiger partial charge in [0.1, 0.15) is 0 Å². The lowest BCUT2D eigenvalue weighted by Gasteiger charge is -2.12. The molecule has 3 rings (SSSR count). The molecule has 0 unspecified atom stereocenters. The van der Waals surface area contributed by atoms with Crippen LogP contribution in [0.3, 0.4) is 0 Å². The molecule has 3 nitrogen and oxygen atoms in total. The predicted molar refractivity (Wildman–Crippen MR) is 90.8 cm³/mol. The molecule has 4 heteroatoms. The Morgan fingerprint density at radius 2 is 1.76 bits per heavy atom. The summed E-state index contributed by atoms with van der Waals surface area (Å²) in [6.45, 7) is 1.58. The normalized spacial score (nSPS) is 10.7. The van der Waals surface area contributed by atoms with Crippen LogP contribution in [0.4, 0.5) is 5.69 Å². The van der Waals surface area contributed by atoms with Gasteiger partial charge in [0.15, 0.2) is 5.43 Å². The topological polar surface area (TPSA) is 34.0 Å². The molecule has 0 atom stereocenters. The number of para-hydroxylation sites is 2. The number of hydrogen-bond donors (Lipinski definition) is 1. The van der Waals surface area contributed by atoms with E-state index in [-0.39, 0.29) is 5.43 Å². The zero-order valence-electron chi connectivity index (χ0n) is 11.4. The van der Waals surface area contributed by atoms with E-state index >= 15 is 0 Å². The first-order valence-electron chi connectivity index (χ1n) is 6.82. The summed E-state index contributed by atoms with van der Waals surface area (Å²) < 4.78 is 3.15. The third kappa shape index (κ3) is 3.00. The minimum absolute atomic E-state index is 0.0700. The number of hydrogen-bond acceptors (Lipinski definition) is 2.